The van der Waals surface area contributed by atoms with E-state index in [2.05, 4.69) is 32.4 Å². The van der Waals surface area contributed by atoms with Crippen molar-refractivity contribution in [3.8, 4) is 5.75 Å². The van der Waals surface area contributed by atoms with Crippen LogP contribution in [-0.4, -0.2) is 161 Å². The third-order valence-electron chi connectivity index (χ3n) is 7.20. The van der Waals surface area contributed by atoms with E-state index >= 15 is 0 Å². The van der Waals surface area contributed by atoms with E-state index in [1.807, 2.05) is 0 Å². The van der Waals surface area contributed by atoms with Crippen LogP contribution in [0.2, 0.25) is 0 Å². The molecule has 0 spiro atoms. The highest BCUT2D eigenvalue weighted by Gasteiger charge is 2.20. The summed E-state index contributed by atoms with van der Waals surface area (Å²) in [6.07, 6.45) is -1.11. The molecule has 3 amide bonds. The lowest BCUT2D eigenvalue weighted by molar-refractivity contribution is -0.384. The zero-order valence-electron chi connectivity index (χ0n) is 47.7. The maximum atomic E-state index is 11.6. The fourth-order valence-electron chi connectivity index (χ4n) is 4.39. The molecule has 79 heavy (non-hydrogen) atoms. The predicted octanol–water partition coefficient (Wildman–Crippen LogP) is 1.24. The van der Waals surface area contributed by atoms with Gasteiger partial charge in [0, 0.05) is 44.5 Å². The molecule has 0 aliphatic heterocycles. The number of hydrazine groups is 1. The van der Waals surface area contributed by atoms with Crippen LogP contribution in [-0.2, 0) is 71.6 Å². The summed E-state index contributed by atoms with van der Waals surface area (Å²) in [5, 5.41) is 42.4. The molecule has 1 aromatic rings. The van der Waals surface area contributed by atoms with Gasteiger partial charge in [-0.3, -0.25) is 65.0 Å². The summed E-state index contributed by atoms with van der Waals surface area (Å²) in [6.45, 7) is 21.6. The fraction of sp³-hybridized carbons (Fsp3) is 0.673. The molecule has 1 aromatic carbocycles. The van der Waals surface area contributed by atoms with Crippen molar-refractivity contribution in [3.05, 3.63) is 34.4 Å². The molecule has 0 radical (unpaired) electrons. The lowest BCUT2D eigenvalue weighted by Gasteiger charge is -2.19. The maximum Gasteiger partial charge on any atom is 0.513 e. The minimum absolute atomic E-state index is 0.0195. The molecule has 0 saturated carbocycles. The van der Waals surface area contributed by atoms with E-state index in [-0.39, 0.29) is 139 Å². The van der Waals surface area contributed by atoms with Gasteiger partial charge in [-0.15, -0.1) is 0 Å². The first kappa shape index (κ1) is 80.7. The van der Waals surface area contributed by atoms with E-state index in [9.17, 15) is 58.1 Å². The van der Waals surface area contributed by atoms with Gasteiger partial charge >= 0.3 is 42.0 Å². The van der Waals surface area contributed by atoms with Gasteiger partial charge in [0.1, 0.15) is 41.4 Å². The molecule has 0 aliphatic rings. The number of non-ortho nitro benzene ring substituents is 1. The third kappa shape index (κ3) is 65.1. The Morgan fingerprint density at radius 1 is 0.506 bits per heavy atom. The Labute approximate surface area is 461 Å². The summed E-state index contributed by atoms with van der Waals surface area (Å²) in [6, 6.07) is 4.90. The molecule has 30 nitrogen and oxygen atoms in total. The smallest absolute Gasteiger partial charge is 0.481 e. The van der Waals surface area contributed by atoms with Gasteiger partial charge in [-0.2, -0.15) is 0 Å². The number of carboxylic acids is 1. The molecule has 0 aliphatic carbocycles. The largest absolute Gasteiger partial charge is 0.513 e. The van der Waals surface area contributed by atoms with Crippen molar-refractivity contribution in [2.24, 2.45) is 23.2 Å². The second-order valence-electron chi connectivity index (χ2n) is 19.4. The zero-order chi connectivity index (χ0) is 62.4. The minimum atomic E-state index is -1.01. The molecule has 0 fully saturated rings. The SMILES string of the molecule is CC(C)(C)OC(=O)CCC(=O)NCCO.CC(C)(C)OC(=O)CCC(=O)NCCOC(=O)CN.CC(C)(C)OC(=O)CCC(=O)NCCOC(=O)Oc1ccc([N+](=O)[O-])cc1.CC(C)(C)OC(=O)CCC(=O)O.NCCO.NN. The van der Waals surface area contributed by atoms with Crippen molar-refractivity contribution in [3.63, 3.8) is 0 Å². The number of amides is 3. The summed E-state index contributed by atoms with van der Waals surface area (Å²) in [5.74, 6) is 3.90. The molecule has 30 heteroatoms. The Morgan fingerprint density at radius 3 is 1.10 bits per heavy atom. The van der Waals surface area contributed by atoms with E-state index in [0.717, 1.165) is 0 Å². The molecule has 0 heterocycles. The monoisotopic (exact) mass is 1140 g/mol. The van der Waals surface area contributed by atoms with Gasteiger partial charge in [-0.25, -0.2) is 4.79 Å². The molecular formula is C49H88N8O22. The number of nitrogens with zero attached hydrogens (tertiary/aromatic N) is 1. The molecule has 0 atom stereocenters. The van der Waals surface area contributed by atoms with Gasteiger partial charge in [0.15, 0.2) is 0 Å². The van der Waals surface area contributed by atoms with Crippen LogP contribution in [0.3, 0.4) is 0 Å². The average molecular weight is 1140 g/mol. The first-order chi connectivity index (χ1) is 36.4. The molecule has 1 rings (SSSR count). The highest BCUT2D eigenvalue weighted by Crippen LogP contribution is 2.18. The number of carbonyl (C=O) groups is 10. The van der Waals surface area contributed by atoms with Crippen molar-refractivity contribution >= 4 is 65.4 Å². The number of esters is 5. The number of aliphatic hydroxyl groups excluding tert-OH is 2. The summed E-state index contributed by atoms with van der Waals surface area (Å²) in [5.41, 5.74) is 7.47. The predicted molar refractivity (Wildman–Crippen MR) is 284 cm³/mol. The first-order valence-electron chi connectivity index (χ1n) is 24.5. The Bertz CT molecular complexity index is 1960. The van der Waals surface area contributed by atoms with Gasteiger partial charge in [0.05, 0.1) is 69.9 Å². The number of carbonyl (C=O) groups excluding carboxylic acids is 9. The fourth-order valence-corrected chi connectivity index (χ4v) is 4.39. The Kier molecular flexibility index (Phi) is 46.9. The number of rotatable bonds is 24. The minimum Gasteiger partial charge on any atom is -0.481 e. The topological polar surface area (TPSA) is 479 Å². The van der Waals surface area contributed by atoms with Crippen LogP contribution < -0.4 is 43.8 Å². The number of nitro benzene ring substituents is 1. The van der Waals surface area contributed by atoms with Gasteiger partial charge in [0.25, 0.3) is 5.69 Å². The number of benzene rings is 1. The zero-order valence-corrected chi connectivity index (χ0v) is 47.7. The Hall–Kier alpha value is -7.12. The molecular weight excluding hydrogens is 1050 g/mol. The quantitative estimate of drug-likeness (QED) is 0.0132. The number of ether oxygens (including phenoxy) is 7. The molecule has 0 aromatic heterocycles. The van der Waals surface area contributed by atoms with Crippen molar-refractivity contribution < 1.29 is 101 Å². The summed E-state index contributed by atoms with van der Waals surface area (Å²) in [4.78, 5) is 121. The average Bonchev–Trinajstić information content (AvgIpc) is 3.32. The van der Waals surface area contributed by atoms with Gasteiger partial charge in [-0.1, -0.05) is 0 Å². The van der Waals surface area contributed by atoms with E-state index in [1.54, 1.807) is 83.1 Å². The molecule has 456 valence electrons. The number of hydrogen-bond donors (Lipinski definition) is 10. The number of nitrogens with two attached hydrogens (primary N) is 4. The van der Waals surface area contributed by atoms with E-state index < -0.39 is 63.3 Å². The van der Waals surface area contributed by atoms with Gasteiger partial charge in [-0.05, 0) is 95.2 Å². The second kappa shape index (κ2) is 45.9. The molecule has 0 bridgehead atoms. The number of nitrogens with one attached hydrogen (secondary N) is 3. The number of aliphatic carboxylic acids is 1. The number of aliphatic hydroxyl groups is 2. The van der Waals surface area contributed by atoms with E-state index in [4.69, 9.17) is 55.2 Å². The van der Waals surface area contributed by atoms with Crippen LogP contribution in [0.5, 0.6) is 5.75 Å². The number of nitro groups is 1. The first-order valence-corrected chi connectivity index (χ1v) is 24.5. The van der Waals surface area contributed by atoms with E-state index in [1.165, 1.54) is 24.3 Å². The van der Waals surface area contributed by atoms with Crippen LogP contribution >= 0.6 is 0 Å². The van der Waals surface area contributed by atoms with Crippen LogP contribution in [0.15, 0.2) is 24.3 Å². The maximum absolute atomic E-state index is 11.6. The number of carboxylic acid groups (broad SMARTS) is 1. The highest BCUT2D eigenvalue weighted by atomic mass is 16.7. The molecule has 0 unspecified atom stereocenters. The standard InChI is InChI=1S/C17H22N2O8.C12H22N2O5.C10H19NO4.C8H14O4.C2H7NO.H4N2/c1-17(2,3)27-15(21)9-8-14(20)18-10-11-25-16(22)26-13-6-4-12(5-7-13)19(23)24;1-12(2,3)19-10(16)5-4-9(15)14-6-7-18-11(17)8-13;1-10(2,3)15-9(14)5-4-8(13)11-6-7-12;1-8(2,3)12-7(11)5-4-6(9)10;3-1-2-4;1-2/h4-7H,8-11H2,1-3H3,(H,18,20);4-8,13H2,1-3H3,(H,14,15);12H,4-7H2,1-3H3,(H,11,13);4-5H2,1-3H3,(H,9,10);4H,1-3H2;1-2H2. The summed E-state index contributed by atoms with van der Waals surface area (Å²) >= 11 is 0. The normalized spacial score (nSPS) is 10.4. The van der Waals surface area contributed by atoms with Crippen molar-refractivity contribution in [1.29, 1.82) is 0 Å². The summed E-state index contributed by atoms with van der Waals surface area (Å²) < 4.78 is 34.3. The van der Waals surface area contributed by atoms with Gasteiger partial charge < -0.3 is 75.9 Å². The highest BCUT2D eigenvalue weighted by molar-refractivity contribution is 5.82. The second-order valence-corrected chi connectivity index (χ2v) is 19.4. The van der Waals surface area contributed by atoms with Crippen LogP contribution in [0.25, 0.3) is 0 Å². The number of hydrogen-bond acceptors (Lipinski definition) is 25. The van der Waals surface area contributed by atoms with Crippen molar-refractivity contribution in [1.82, 2.24) is 16.0 Å². The molecule has 0 saturated heterocycles. The lowest BCUT2D eigenvalue weighted by atomic mass is 10.2. The Morgan fingerprint density at radius 2 is 0.823 bits per heavy atom. The van der Waals surface area contributed by atoms with Gasteiger partial charge in [0.2, 0.25) is 17.7 Å². The van der Waals surface area contributed by atoms with Crippen LogP contribution in [0.1, 0.15) is 134 Å². The van der Waals surface area contributed by atoms with E-state index in [0.29, 0.717) is 6.54 Å². The molecule has 14 N–H and O–H groups in total. The lowest BCUT2D eigenvalue weighted by Crippen LogP contribution is -2.30. The van der Waals surface area contributed by atoms with Crippen molar-refractivity contribution in [2.45, 2.75) is 157 Å². The van der Waals surface area contributed by atoms with Crippen LogP contribution in [0.4, 0.5) is 10.5 Å². The summed E-state index contributed by atoms with van der Waals surface area (Å²) in [7, 11) is 0. The van der Waals surface area contributed by atoms with Crippen molar-refractivity contribution in [2.75, 3.05) is 59.2 Å². The Balaban J connectivity index is -0.000000310. The van der Waals surface area contributed by atoms with Crippen LogP contribution in [0, 0.1) is 10.1 Å². The third-order valence-corrected chi connectivity index (χ3v) is 7.20.